The smallest absolute Gasteiger partial charge is 0.306 e. The molecule has 0 saturated heterocycles. The summed E-state index contributed by atoms with van der Waals surface area (Å²) in [6, 6.07) is 11.5. The number of rotatable bonds is 9. The second-order valence-electron chi connectivity index (χ2n) is 5.84. The summed E-state index contributed by atoms with van der Waals surface area (Å²) in [6.45, 7) is 1.96. The number of hydrogen-bond acceptors (Lipinski definition) is 5. The van der Waals surface area contributed by atoms with E-state index in [-0.39, 0.29) is 18.7 Å². The van der Waals surface area contributed by atoms with Crippen LogP contribution in [0, 0.1) is 0 Å². The molecule has 7 nitrogen and oxygen atoms in total. The van der Waals surface area contributed by atoms with Crippen LogP contribution in [0.5, 0.6) is 5.75 Å². The first-order chi connectivity index (χ1) is 13.9. The summed E-state index contributed by atoms with van der Waals surface area (Å²) < 4.78 is 10.2. The van der Waals surface area contributed by atoms with Gasteiger partial charge in [-0.05, 0) is 49.4 Å². The number of anilines is 2. The summed E-state index contributed by atoms with van der Waals surface area (Å²) in [5, 5.41) is 5.85. The van der Waals surface area contributed by atoms with Crippen molar-refractivity contribution in [2.75, 3.05) is 23.8 Å². The lowest BCUT2D eigenvalue weighted by Gasteiger charge is -2.08. The van der Waals surface area contributed by atoms with E-state index in [1.165, 1.54) is 12.1 Å². The van der Waals surface area contributed by atoms with Crippen molar-refractivity contribution in [3.8, 4) is 5.75 Å². The summed E-state index contributed by atoms with van der Waals surface area (Å²) in [6.07, 6.45) is -0.219. The largest absolute Gasteiger partial charge is 0.494 e. The molecule has 2 aromatic carbocycles. The summed E-state index contributed by atoms with van der Waals surface area (Å²) in [5.74, 6) is -0.827. The zero-order valence-electron chi connectivity index (χ0n) is 15.7. The van der Waals surface area contributed by atoms with Gasteiger partial charge in [-0.3, -0.25) is 14.4 Å². The van der Waals surface area contributed by atoms with Crippen LogP contribution in [-0.4, -0.2) is 31.0 Å². The van der Waals surface area contributed by atoms with Gasteiger partial charge in [-0.15, -0.1) is 0 Å². The molecule has 9 heteroatoms. The fraction of sp³-hybridized carbons (Fsp3) is 0.250. The van der Waals surface area contributed by atoms with Crippen molar-refractivity contribution in [3.05, 3.63) is 52.5 Å². The second-order valence-corrected chi connectivity index (χ2v) is 6.66. The predicted molar refractivity (Wildman–Crippen MR) is 112 cm³/mol. The first-order valence-electron chi connectivity index (χ1n) is 8.80. The van der Waals surface area contributed by atoms with Gasteiger partial charge < -0.3 is 20.1 Å². The van der Waals surface area contributed by atoms with Gasteiger partial charge in [0.2, 0.25) is 5.91 Å². The van der Waals surface area contributed by atoms with E-state index in [0.717, 1.165) is 0 Å². The molecular weight excluding hydrogens is 419 g/mol. The minimum Gasteiger partial charge on any atom is -0.494 e. The Kier molecular flexibility index (Phi) is 8.76. The highest BCUT2D eigenvalue weighted by atomic mass is 35.5. The van der Waals surface area contributed by atoms with Crippen LogP contribution in [0.1, 0.15) is 19.8 Å². The lowest BCUT2D eigenvalue weighted by Crippen LogP contribution is -2.21. The minimum absolute atomic E-state index is 0.0690. The number of ether oxygens (including phenoxy) is 2. The van der Waals surface area contributed by atoms with Crippen LogP contribution in [-0.2, 0) is 19.1 Å². The maximum absolute atomic E-state index is 11.9. The van der Waals surface area contributed by atoms with Crippen LogP contribution in [0.3, 0.4) is 0 Å². The molecule has 2 N–H and O–H groups in total. The highest BCUT2D eigenvalue weighted by Gasteiger charge is 2.11. The quantitative estimate of drug-likeness (QED) is 0.569. The van der Waals surface area contributed by atoms with Gasteiger partial charge in [-0.2, -0.15) is 0 Å². The van der Waals surface area contributed by atoms with E-state index < -0.39 is 18.5 Å². The van der Waals surface area contributed by atoms with Crippen molar-refractivity contribution < 1.29 is 23.9 Å². The topological polar surface area (TPSA) is 93.7 Å². The van der Waals surface area contributed by atoms with Gasteiger partial charge in [0.1, 0.15) is 5.75 Å². The van der Waals surface area contributed by atoms with Crippen molar-refractivity contribution in [1.82, 2.24) is 0 Å². The maximum Gasteiger partial charge on any atom is 0.306 e. The van der Waals surface area contributed by atoms with Gasteiger partial charge in [0.05, 0.1) is 23.1 Å². The summed E-state index contributed by atoms with van der Waals surface area (Å²) in [5.41, 5.74) is 1.02. The molecule has 0 bridgehead atoms. The fourth-order valence-electron chi connectivity index (χ4n) is 2.23. The minimum atomic E-state index is -0.656. The summed E-state index contributed by atoms with van der Waals surface area (Å²) in [4.78, 5) is 35.5. The zero-order valence-corrected chi connectivity index (χ0v) is 17.2. The second kappa shape index (κ2) is 11.3. The molecule has 154 valence electrons. The highest BCUT2D eigenvalue weighted by molar-refractivity contribution is 6.42. The Balaban J connectivity index is 1.68. The molecule has 0 atom stereocenters. The van der Waals surface area contributed by atoms with Crippen LogP contribution >= 0.6 is 23.2 Å². The van der Waals surface area contributed by atoms with Crippen LogP contribution in [0.2, 0.25) is 10.0 Å². The summed E-state index contributed by atoms with van der Waals surface area (Å²) >= 11 is 11.7. The van der Waals surface area contributed by atoms with Gasteiger partial charge >= 0.3 is 5.97 Å². The number of amides is 2. The van der Waals surface area contributed by atoms with Crippen molar-refractivity contribution in [3.63, 3.8) is 0 Å². The van der Waals surface area contributed by atoms with Crippen molar-refractivity contribution in [1.29, 1.82) is 0 Å². The molecule has 2 rings (SSSR count). The third kappa shape index (κ3) is 8.01. The van der Waals surface area contributed by atoms with E-state index in [4.69, 9.17) is 32.7 Å². The Hall–Kier alpha value is -2.77. The van der Waals surface area contributed by atoms with Crippen LogP contribution in [0.15, 0.2) is 42.5 Å². The normalized spacial score (nSPS) is 10.2. The van der Waals surface area contributed by atoms with Gasteiger partial charge in [0, 0.05) is 17.8 Å². The Morgan fingerprint density at radius 2 is 1.52 bits per heavy atom. The Bertz CT molecular complexity index is 872. The third-order valence-electron chi connectivity index (χ3n) is 3.57. The number of halogens is 2. The van der Waals surface area contributed by atoms with Gasteiger partial charge in [0.15, 0.2) is 6.61 Å². The van der Waals surface area contributed by atoms with E-state index in [2.05, 4.69) is 10.6 Å². The molecule has 0 aliphatic heterocycles. The first-order valence-corrected chi connectivity index (χ1v) is 9.56. The molecule has 0 aliphatic carbocycles. The van der Waals surface area contributed by atoms with Crippen LogP contribution < -0.4 is 15.4 Å². The van der Waals surface area contributed by atoms with Crippen molar-refractivity contribution in [2.45, 2.75) is 19.8 Å². The summed E-state index contributed by atoms with van der Waals surface area (Å²) in [7, 11) is 0. The maximum atomic E-state index is 11.9. The average molecular weight is 439 g/mol. The number of nitrogens with one attached hydrogen (secondary N) is 2. The zero-order chi connectivity index (χ0) is 21.2. The van der Waals surface area contributed by atoms with E-state index in [1.807, 2.05) is 6.92 Å². The van der Waals surface area contributed by atoms with Crippen LogP contribution in [0.25, 0.3) is 0 Å². The van der Waals surface area contributed by atoms with Crippen molar-refractivity contribution >= 4 is 52.4 Å². The number of esters is 1. The molecular formula is C20H20Cl2N2O5. The molecule has 0 unspecified atom stereocenters. The molecule has 0 aromatic heterocycles. The lowest BCUT2D eigenvalue weighted by atomic mass is 10.2. The van der Waals surface area contributed by atoms with Gasteiger partial charge in [0.25, 0.3) is 5.91 Å². The predicted octanol–water partition coefficient (Wildman–Crippen LogP) is 4.29. The molecule has 0 heterocycles. The molecule has 2 amide bonds. The number of hydrogen-bond donors (Lipinski definition) is 2. The van der Waals surface area contributed by atoms with Gasteiger partial charge in [-0.1, -0.05) is 23.2 Å². The molecule has 0 spiro atoms. The standard InChI is InChI=1S/C20H20Cl2N2O5/c1-2-28-15-6-3-13(4-7-15)23-18(25)9-10-20(27)29-12-19(26)24-14-5-8-16(21)17(22)11-14/h3-8,11H,2,9-10,12H2,1H3,(H,23,25)(H,24,26). The molecule has 0 fully saturated rings. The number of benzene rings is 2. The van der Waals surface area contributed by atoms with Crippen LogP contribution in [0.4, 0.5) is 11.4 Å². The van der Waals surface area contributed by atoms with E-state index in [1.54, 1.807) is 30.3 Å². The average Bonchev–Trinajstić information content (AvgIpc) is 2.69. The fourth-order valence-corrected chi connectivity index (χ4v) is 2.53. The SMILES string of the molecule is CCOc1ccc(NC(=O)CCC(=O)OCC(=O)Nc2ccc(Cl)c(Cl)c2)cc1. The number of carbonyl (C=O) groups excluding carboxylic acids is 3. The lowest BCUT2D eigenvalue weighted by molar-refractivity contribution is -0.147. The Morgan fingerprint density at radius 3 is 2.17 bits per heavy atom. The number of carbonyl (C=O) groups is 3. The van der Waals surface area contributed by atoms with E-state index in [0.29, 0.717) is 33.8 Å². The molecule has 2 aromatic rings. The van der Waals surface area contributed by atoms with Gasteiger partial charge in [-0.25, -0.2) is 0 Å². The Labute approximate surface area is 178 Å². The molecule has 29 heavy (non-hydrogen) atoms. The third-order valence-corrected chi connectivity index (χ3v) is 4.31. The molecule has 0 saturated carbocycles. The highest BCUT2D eigenvalue weighted by Crippen LogP contribution is 2.24. The van der Waals surface area contributed by atoms with E-state index in [9.17, 15) is 14.4 Å². The Morgan fingerprint density at radius 1 is 0.862 bits per heavy atom. The molecule has 0 aliphatic rings. The monoisotopic (exact) mass is 438 g/mol. The molecule has 0 radical (unpaired) electrons. The van der Waals surface area contributed by atoms with Crippen molar-refractivity contribution in [2.24, 2.45) is 0 Å². The van der Waals surface area contributed by atoms with E-state index >= 15 is 0 Å². The first kappa shape index (κ1) is 22.5.